The van der Waals surface area contributed by atoms with Gasteiger partial charge in [0.1, 0.15) is 5.82 Å². The highest BCUT2D eigenvalue weighted by Gasteiger charge is 2.49. The smallest absolute Gasteiger partial charge is 0.228 e. The molecule has 2 saturated heterocycles. The molecule has 0 aromatic carbocycles. The number of nitrogens with one attached hydrogen (secondary N) is 2. The van der Waals surface area contributed by atoms with Crippen LogP contribution < -0.4 is 15.5 Å². The number of morpholine rings is 1. The molecule has 0 radical (unpaired) electrons. The topological polar surface area (TPSA) is 66.5 Å². The van der Waals surface area contributed by atoms with Crippen molar-refractivity contribution < 1.29 is 9.53 Å². The lowest BCUT2D eigenvalue weighted by molar-refractivity contribution is -0.134. The summed E-state index contributed by atoms with van der Waals surface area (Å²) in [4.78, 5) is 19.9. The van der Waals surface area contributed by atoms with Crippen molar-refractivity contribution in [2.75, 3.05) is 44.3 Å². The number of hydrogen-bond acceptors (Lipinski definition) is 5. The monoisotopic (exact) mass is 416 g/mol. The van der Waals surface area contributed by atoms with Crippen LogP contribution in [0.4, 0.5) is 5.82 Å². The summed E-state index contributed by atoms with van der Waals surface area (Å²) in [6, 6.07) is 4.02. The second kappa shape index (κ2) is 9.92. The summed E-state index contributed by atoms with van der Waals surface area (Å²) < 4.78 is 5.44. The van der Waals surface area contributed by atoms with Crippen molar-refractivity contribution in [3.05, 3.63) is 23.9 Å². The first-order valence-corrected chi connectivity index (χ1v) is 9.55. The summed E-state index contributed by atoms with van der Waals surface area (Å²) in [6.45, 7) is 5.54. The molecule has 2 aliphatic heterocycles. The molecule has 2 N–H and O–H groups in total. The van der Waals surface area contributed by atoms with E-state index in [-0.39, 0.29) is 36.1 Å². The maximum Gasteiger partial charge on any atom is 0.228 e. The van der Waals surface area contributed by atoms with Crippen LogP contribution in [0.2, 0.25) is 0 Å². The number of anilines is 1. The molecule has 1 aliphatic carbocycles. The molecule has 0 unspecified atom stereocenters. The highest BCUT2D eigenvalue weighted by atomic mass is 35.5. The van der Waals surface area contributed by atoms with E-state index in [0.717, 1.165) is 63.6 Å². The summed E-state index contributed by atoms with van der Waals surface area (Å²) in [5, 5.41) is 6.69. The first kappa shape index (κ1) is 22.2. The molecule has 0 spiro atoms. The molecule has 2 atom stereocenters. The number of pyridine rings is 1. The van der Waals surface area contributed by atoms with Crippen LogP contribution in [-0.2, 0) is 16.1 Å². The van der Waals surface area contributed by atoms with Crippen molar-refractivity contribution >= 4 is 36.5 Å². The number of carbonyl (C=O) groups excluding carboxylic acids is 1. The maximum absolute atomic E-state index is 13.1. The zero-order chi connectivity index (χ0) is 17.1. The van der Waals surface area contributed by atoms with Gasteiger partial charge in [-0.2, -0.15) is 0 Å². The first-order valence-electron chi connectivity index (χ1n) is 9.55. The average molecular weight is 417 g/mol. The number of aromatic nitrogens is 1. The predicted octanol–water partition coefficient (Wildman–Crippen LogP) is 2.16. The van der Waals surface area contributed by atoms with E-state index < -0.39 is 0 Å². The Morgan fingerprint density at radius 1 is 1.33 bits per heavy atom. The van der Waals surface area contributed by atoms with Crippen LogP contribution in [0.15, 0.2) is 18.3 Å². The van der Waals surface area contributed by atoms with Crippen molar-refractivity contribution in [2.45, 2.75) is 32.2 Å². The van der Waals surface area contributed by atoms with Crippen LogP contribution in [-0.4, -0.2) is 50.3 Å². The second-order valence-corrected chi connectivity index (χ2v) is 7.50. The highest BCUT2D eigenvalue weighted by Crippen LogP contribution is 2.44. The fraction of sp³-hybridized carbons (Fsp3) is 0.684. The zero-order valence-corrected chi connectivity index (χ0v) is 17.2. The normalized spacial score (nSPS) is 27.1. The third-order valence-corrected chi connectivity index (χ3v) is 6.11. The van der Waals surface area contributed by atoms with Crippen molar-refractivity contribution in [1.29, 1.82) is 0 Å². The first-order chi connectivity index (χ1) is 12.3. The number of amides is 1. The molecule has 0 bridgehead atoms. The molecule has 1 aromatic heterocycles. The Bertz CT molecular complexity index is 627. The quantitative estimate of drug-likeness (QED) is 0.786. The van der Waals surface area contributed by atoms with Gasteiger partial charge in [0.25, 0.3) is 0 Å². The van der Waals surface area contributed by atoms with Crippen molar-refractivity contribution in [3.8, 4) is 0 Å². The lowest BCUT2D eigenvalue weighted by Gasteiger charge is -2.37. The average Bonchev–Trinajstić information content (AvgIpc) is 3.12. The maximum atomic E-state index is 13.1. The van der Waals surface area contributed by atoms with Gasteiger partial charge < -0.3 is 20.3 Å². The number of halogens is 2. The van der Waals surface area contributed by atoms with Gasteiger partial charge in [0.15, 0.2) is 0 Å². The molecule has 1 aromatic rings. The Morgan fingerprint density at radius 3 is 2.96 bits per heavy atom. The van der Waals surface area contributed by atoms with Gasteiger partial charge in [-0.25, -0.2) is 4.98 Å². The van der Waals surface area contributed by atoms with Crippen LogP contribution in [0.1, 0.15) is 31.2 Å². The molecule has 3 aliphatic rings. The van der Waals surface area contributed by atoms with E-state index in [0.29, 0.717) is 12.5 Å². The zero-order valence-electron chi connectivity index (χ0n) is 15.6. The number of ether oxygens (including phenoxy) is 1. The summed E-state index contributed by atoms with van der Waals surface area (Å²) in [6.07, 6.45) is 6.43. The number of nitrogens with zero attached hydrogens (tertiary/aromatic N) is 2. The van der Waals surface area contributed by atoms with Crippen LogP contribution in [0.5, 0.6) is 0 Å². The van der Waals surface area contributed by atoms with Gasteiger partial charge in [-0.3, -0.25) is 4.79 Å². The standard InChI is InChI=1S/C19H28N4O2.2ClH/c24-18(19-6-2-1-5-16(19)13-20-14-19)22-12-15-4-3-7-21-17(15)23-8-10-25-11-9-23;;/h3-4,7,16,20H,1-2,5-6,8-14H2,(H,22,24);2*1H/t16-,19+;;/m0../s1. The van der Waals surface area contributed by atoms with Crippen molar-refractivity contribution in [3.63, 3.8) is 0 Å². The molecule has 6 nitrogen and oxygen atoms in total. The van der Waals surface area contributed by atoms with Gasteiger partial charge in [0, 0.05) is 37.9 Å². The second-order valence-electron chi connectivity index (χ2n) is 7.50. The van der Waals surface area contributed by atoms with E-state index in [1.807, 2.05) is 12.3 Å². The Labute approximate surface area is 173 Å². The minimum Gasteiger partial charge on any atom is -0.378 e. The van der Waals surface area contributed by atoms with Crippen LogP contribution >= 0.6 is 24.8 Å². The Balaban J connectivity index is 0.00000131. The number of rotatable bonds is 4. The Hall–Kier alpha value is -1.08. The fourth-order valence-electron chi connectivity index (χ4n) is 4.67. The number of hydrogen-bond donors (Lipinski definition) is 2. The molecule has 3 fully saturated rings. The van der Waals surface area contributed by atoms with Crippen molar-refractivity contribution in [1.82, 2.24) is 15.6 Å². The summed E-state index contributed by atoms with van der Waals surface area (Å²) in [5.74, 6) is 1.70. The van der Waals surface area contributed by atoms with Crippen LogP contribution in [0, 0.1) is 11.3 Å². The van der Waals surface area contributed by atoms with Gasteiger partial charge in [-0.1, -0.05) is 18.9 Å². The Kier molecular flexibility index (Phi) is 8.16. The third kappa shape index (κ3) is 4.50. The number of fused-ring (bicyclic) bond motifs is 1. The highest BCUT2D eigenvalue weighted by molar-refractivity contribution is 5.85. The summed E-state index contributed by atoms with van der Waals surface area (Å²) in [7, 11) is 0. The van der Waals surface area contributed by atoms with E-state index in [2.05, 4.69) is 26.6 Å². The number of carbonyl (C=O) groups is 1. The van der Waals surface area contributed by atoms with Crippen LogP contribution in [0.25, 0.3) is 0 Å². The van der Waals surface area contributed by atoms with Gasteiger partial charge in [-0.15, -0.1) is 24.8 Å². The van der Waals surface area contributed by atoms with Gasteiger partial charge >= 0.3 is 0 Å². The van der Waals surface area contributed by atoms with E-state index in [1.165, 1.54) is 12.8 Å². The third-order valence-electron chi connectivity index (χ3n) is 6.11. The molecule has 152 valence electrons. The molecule has 3 heterocycles. The van der Waals surface area contributed by atoms with E-state index in [9.17, 15) is 4.79 Å². The van der Waals surface area contributed by atoms with Gasteiger partial charge in [-0.05, 0) is 31.4 Å². The fourth-order valence-corrected chi connectivity index (χ4v) is 4.67. The SMILES string of the molecule is Cl.Cl.O=C(NCc1cccnc1N1CCOCC1)[C@@]12CCCC[C@H]1CNC2. The lowest BCUT2D eigenvalue weighted by atomic mass is 9.67. The molecule has 4 rings (SSSR count). The van der Waals surface area contributed by atoms with Crippen LogP contribution in [0.3, 0.4) is 0 Å². The Morgan fingerprint density at radius 2 is 2.15 bits per heavy atom. The van der Waals surface area contributed by atoms with Gasteiger partial charge in [0.2, 0.25) is 5.91 Å². The van der Waals surface area contributed by atoms with Gasteiger partial charge in [0.05, 0.1) is 18.6 Å². The lowest BCUT2D eigenvalue weighted by Crippen LogP contribution is -2.47. The molecular weight excluding hydrogens is 387 g/mol. The molecular formula is C19H30Cl2N4O2. The molecule has 27 heavy (non-hydrogen) atoms. The summed E-state index contributed by atoms with van der Waals surface area (Å²) in [5.41, 5.74) is 0.895. The summed E-state index contributed by atoms with van der Waals surface area (Å²) >= 11 is 0. The minimum atomic E-state index is -0.195. The molecule has 8 heteroatoms. The predicted molar refractivity (Wildman–Crippen MR) is 111 cm³/mol. The van der Waals surface area contributed by atoms with Crippen molar-refractivity contribution in [2.24, 2.45) is 11.3 Å². The molecule has 1 amide bonds. The van der Waals surface area contributed by atoms with E-state index in [4.69, 9.17) is 4.74 Å². The van der Waals surface area contributed by atoms with E-state index in [1.54, 1.807) is 0 Å². The minimum absolute atomic E-state index is 0. The largest absolute Gasteiger partial charge is 0.378 e. The molecule has 1 saturated carbocycles. The van der Waals surface area contributed by atoms with E-state index >= 15 is 0 Å².